The van der Waals surface area contributed by atoms with Crippen molar-refractivity contribution in [2.24, 2.45) is 0 Å². The summed E-state index contributed by atoms with van der Waals surface area (Å²) in [6.07, 6.45) is 6.64. The number of nitrogens with one attached hydrogen (secondary N) is 2. The van der Waals surface area contributed by atoms with E-state index in [0.717, 1.165) is 86.2 Å². The van der Waals surface area contributed by atoms with Gasteiger partial charge in [-0.25, -0.2) is 9.52 Å². The van der Waals surface area contributed by atoms with Crippen molar-refractivity contribution in [2.75, 3.05) is 31.6 Å². The fourth-order valence-electron chi connectivity index (χ4n) is 6.10. The van der Waals surface area contributed by atoms with Crippen LogP contribution in [-0.4, -0.2) is 45.7 Å². The highest BCUT2D eigenvalue weighted by molar-refractivity contribution is 7.89. The van der Waals surface area contributed by atoms with E-state index in [1.807, 2.05) is 0 Å². The Kier molecular flexibility index (Phi) is 5.66. The minimum atomic E-state index is -4.12. The molecule has 0 spiro atoms. The third kappa shape index (κ3) is 4.03. The van der Waals surface area contributed by atoms with E-state index < -0.39 is 16.1 Å². The lowest BCUT2D eigenvalue weighted by atomic mass is 9.88. The van der Waals surface area contributed by atoms with Crippen molar-refractivity contribution in [3.8, 4) is 0 Å². The van der Waals surface area contributed by atoms with Gasteiger partial charge in [0, 0.05) is 43.0 Å². The molecule has 2 saturated heterocycles. The zero-order valence-corrected chi connectivity index (χ0v) is 20.1. The van der Waals surface area contributed by atoms with Gasteiger partial charge in [-0.1, -0.05) is 12.1 Å². The number of carbonyl (C=O) groups is 1. The second-order valence-corrected chi connectivity index (χ2v) is 11.6. The quantitative estimate of drug-likeness (QED) is 0.682. The third-order valence-electron chi connectivity index (χ3n) is 7.88. The van der Waals surface area contributed by atoms with Gasteiger partial charge in [-0.05, 0) is 80.6 Å². The predicted octanol–water partition coefficient (Wildman–Crippen LogP) is 3.87. The first-order valence-electron chi connectivity index (χ1n) is 12.4. The van der Waals surface area contributed by atoms with Crippen LogP contribution < -0.4 is 10.0 Å². The number of benzene rings is 1. The molecule has 8 nitrogen and oxygen atoms in total. The van der Waals surface area contributed by atoms with Gasteiger partial charge in [0.25, 0.3) is 10.0 Å². The minimum absolute atomic E-state index is 0.177. The van der Waals surface area contributed by atoms with Crippen molar-refractivity contribution in [2.45, 2.75) is 68.4 Å². The van der Waals surface area contributed by atoms with Gasteiger partial charge in [-0.3, -0.25) is 4.90 Å². The molecule has 0 radical (unpaired) electrons. The summed E-state index contributed by atoms with van der Waals surface area (Å²) in [5, 5.41) is 2.74. The van der Waals surface area contributed by atoms with Crippen LogP contribution in [0.15, 0.2) is 27.7 Å². The number of anilines is 1. The van der Waals surface area contributed by atoms with Crippen LogP contribution in [0.4, 0.5) is 10.5 Å². The number of furan rings is 1. The molecule has 9 heteroatoms. The topological polar surface area (TPSA) is 101 Å². The van der Waals surface area contributed by atoms with Crippen molar-refractivity contribution in [1.82, 2.24) is 9.62 Å². The molecule has 182 valence electrons. The van der Waals surface area contributed by atoms with Gasteiger partial charge in [0.05, 0.1) is 0 Å². The molecule has 1 aromatic carbocycles. The Morgan fingerprint density at radius 3 is 2.59 bits per heavy atom. The van der Waals surface area contributed by atoms with E-state index in [9.17, 15) is 13.2 Å². The van der Waals surface area contributed by atoms with Gasteiger partial charge in [0.15, 0.2) is 0 Å². The highest BCUT2D eigenvalue weighted by Crippen LogP contribution is 2.40. The lowest BCUT2D eigenvalue weighted by Gasteiger charge is -2.26. The number of ether oxygens (including phenoxy) is 1. The van der Waals surface area contributed by atoms with Crippen LogP contribution >= 0.6 is 0 Å². The highest BCUT2D eigenvalue weighted by atomic mass is 32.2. The van der Waals surface area contributed by atoms with Gasteiger partial charge < -0.3 is 14.5 Å². The fourth-order valence-corrected chi connectivity index (χ4v) is 7.00. The monoisotopic (exact) mass is 485 g/mol. The molecule has 5 heterocycles. The Hall–Kier alpha value is -2.36. The number of sulfonamides is 1. The second-order valence-electron chi connectivity index (χ2n) is 9.97. The fraction of sp³-hybridized carbons (Fsp3) is 0.560. The Bertz CT molecular complexity index is 1210. The van der Waals surface area contributed by atoms with Gasteiger partial charge in [0.2, 0.25) is 5.09 Å². The summed E-state index contributed by atoms with van der Waals surface area (Å²) < 4.78 is 39.7. The molecule has 0 atom stereocenters. The molecule has 2 amide bonds. The summed E-state index contributed by atoms with van der Waals surface area (Å²) in [7, 11) is -4.12. The summed E-state index contributed by atoms with van der Waals surface area (Å²) >= 11 is 0. The van der Waals surface area contributed by atoms with Crippen molar-refractivity contribution in [1.29, 1.82) is 0 Å². The van der Waals surface area contributed by atoms with Crippen LogP contribution in [0.3, 0.4) is 0 Å². The van der Waals surface area contributed by atoms with Crippen LogP contribution in [0.1, 0.15) is 72.0 Å². The van der Waals surface area contributed by atoms with E-state index in [2.05, 4.69) is 27.1 Å². The molecule has 2 bridgehead atoms. The molecule has 2 N–H and O–H groups in total. The smallest absolute Gasteiger partial charge is 0.333 e. The Balaban J connectivity index is 1.24. The molecular weight excluding hydrogens is 454 g/mol. The number of carbonyl (C=O) groups excluding carboxylic acids is 1. The van der Waals surface area contributed by atoms with Crippen LogP contribution in [0, 0.1) is 0 Å². The van der Waals surface area contributed by atoms with Gasteiger partial charge >= 0.3 is 6.03 Å². The zero-order chi connectivity index (χ0) is 23.3. The number of amides is 2. The molecule has 5 aliphatic rings. The van der Waals surface area contributed by atoms with Gasteiger partial charge in [0.1, 0.15) is 5.76 Å². The normalized spacial score (nSPS) is 24.4. The van der Waals surface area contributed by atoms with Crippen LogP contribution in [0.25, 0.3) is 0 Å². The molecule has 7 rings (SSSR count). The lowest BCUT2D eigenvalue weighted by molar-refractivity contribution is 0.0854. The minimum Gasteiger partial charge on any atom is -0.447 e. The van der Waals surface area contributed by atoms with Crippen LogP contribution in [0.5, 0.6) is 0 Å². The van der Waals surface area contributed by atoms with Crippen molar-refractivity contribution >= 4 is 21.7 Å². The first kappa shape index (κ1) is 22.1. The van der Waals surface area contributed by atoms with Crippen molar-refractivity contribution in [3.63, 3.8) is 0 Å². The molecule has 0 saturated carbocycles. The van der Waals surface area contributed by atoms with E-state index in [1.165, 1.54) is 5.56 Å². The second kappa shape index (κ2) is 8.70. The molecule has 2 fully saturated rings. The molecule has 1 aromatic heterocycles. The van der Waals surface area contributed by atoms with E-state index in [1.54, 1.807) is 6.07 Å². The summed E-state index contributed by atoms with van der Waals surface area (Å²) in [5.41, 5.74) is 5.13. The number of aryl methyl sites for hydroxylation is 1. The molecular formula is C25H31N3O5S. The van der Waals surface area contributed by atoms with Gasteiger partial charge in [-0.2, -0.15) is 8.42 Å². The molecule has 34 heavy (non-hydrogen) atoms. The molecule has 0 unspecified atom stereocenters. The number of hydrogen-bond acceptors (Lipinski definition) is 6. The first-order chi connectivity index (χ1) is 16.5. The highest BCUT2D eigenvalue weighted by Gasteiger charge is 2.34. The maximum atomic E-state index is 13.1. The maximum Gasteiger partial charge on any atom is 0.333 e. The number of piperidine rings is 1. The average Bonchev–Trinajstić information content (AvgIpc) is 3.42. The molecule has 1 aliphatic carbocycles. The SMILES string of the molecule is O=C(Nc1c(C2CCOCC2)ccc2c1CCC2)NS(=O)(=O)c1cc2c(o1)C1CCN(CC1)C2. The van der Waals surface area contributed by atoms with Crippen LogP contribution in [0.2, 0.25) is 0 Å². The number of nitrogens with zero attached hydrogens (tertiary/aromatic N) is 1. The summed E-state index contributed by atoms with van der Waals surface area (Å²) in [4.78, 5) is 15.3. The summed E-state index contributed by atoms with van der Waals surface area (Å²) in [6, 6.07) is 5.10. The van der Waals surface area contributed by atoms with E-state index in [4.69, 9.17) is 9.15 Å². The first-order valence-corrected chi connectivity index (χ1v) is 13.9. The number of hydrogen-bond donors (Lipinski definition) is 2. The van der Waals surface area contributed by atoms with Crippen molar-refractivity contribution in [3.05, 3.63) is 46.2 Å². The summed E-state index contributed by atoms with van der Waals surface area (Å²) in [5.74, 6) is 1.31. The van der Waals surface area contributed by atoms with Crippen molar-refractivity contribution < 1.29 is 22.4 Å². The Morgan fingerprint density at radius 1 is 1.00 bits per heavy atom. The lowest BCUT2D eigenvalue weighted by Crippen LogP contribution is -2.35. The standard InChI is InChI=1S/C25H31N3O5S/c29-25(26-23-20-3-1-2-16(20)4-5-21(23)17-8-12-32-13-9-17)27-34(30,31)22-14-19-15-28-10-6-18(7-11-28)24(19)33-22/h4-5,14,17-18H,1-3,6-13,15H2,(H2,26,27,29). The largest absolute Gasteiger partial charge is 0.447 e. The zero-order valence-electron chi connectivity index (χ0n) is 19.3. The van der Waals surface area contributed by atoms with Gasteiger partial charge in [-0.15, -0.1) is 0 Å². The summed E-state index contributed by atoms with van der Waals surface area (Å²) in [6.45, 7) is 4.11. The Morgan fingerprint density at radius 2 is 1.79 bits per heavy atom. The number of urea groups is 1. The molecule has 2 aromatic rings. The van der Waals surface area contributed by atoms with E-state index in [0.29, 0.717) is 19.8 Å². The molecule has 4 aliphatic heterocycles. The number of rotatable bonds is 4. The van der Waals surface area contributed by atoms with E-state index in [-0.39, 0.29) is 16.9 Å². The average molecular weight is 486 g/mol. The predicted molar refractivity (Wildman–Crippen MR) is 127 cm³/mol. The van der Waals surface area contributed by atoms with Crippen LogP contribution in [-0.2, 0) is 34.1 Å². The Labute approximate surface area is 200 Å². The third-order valence-corrected chi connectivity index (χ3v) is 9.06. The van der Waals surface area contributed by atoms with E-state index >= 15 is 0 Å². The number of fused-ring (bicyclic) bond motifs is 3. The maximum absolute atomic E-state index is 13.1.